The first-order chi connectivity index (χ1) is 11.1. The summed E-state index contributed by atoms with van der Waals surface area (Å²) in [6.07, 6.45) is -1.15. The van der Waals surface area contributed by atoms with Gasteiger partial charge in [0.15, 0.2) is 0 Å². The molecule has 0 radical (unpaired) electrons. The van der Waals surface area contributed by atoms with Gasteiger partial charge in [-0.25, -0.2) is 4.79 Å². The summed E-state index contributed by atoms with van der Waals surface area (Å²) in [6.45, 7) is 0.104. The maximum absolute atomic E-state index is 12.1. The van der Waals surface area contributed by atoms with Crippen LogP contribution >= 0.6 is 0 Å². The highest BCUT2D eigenvalue weighted by atomic mass is 16.6. The third kappa shape index (κ3) is 4.37. The molecular formula is C16H13NO6. The Morgan fingerprint density at radius 3 is 2.35 bits per heavy atom. The van der Waals surface area contributed by atoms with Crippen LogP contribution in [-0.4, -0.2) is 17.4 Å². The second-order valence-corrected chi connectivity index (χ2v) is 4.55. The van der Waals surface area contributed by atoms with Crippen LogP contribution in [0.25, 0.3) is 0 Å². The molecule has 0 N–H and O–H groups in total. The topological polar surface area (TPSA) is 95.7 Å². The third-order valence-electron chi connectivity index (χ3n) is 3.04. The van der Waals surface area contributed by atoms with Crippen LogP contribution in [0, 0.1) is 10.1 Å². The summed E-state index contributed by atoms with van der Waals surface area (Å²) < 4.78 is 9.89. The standard InChI is InChI=1S/C16H13NO6/c18-11-23-15(13-4-2-1-3-5-13)16(19)22-10-12-6-8-14(9-7-12)17(20)21/h1-9,11,15H,10H2. The van der Waals surface area contributed by atoms with Gasteiger partial charge in [-0.2, -0.15) is 0 Å². The number of benzene rings is 2. The van der Waals surface area contributed by atoms with E-state index in [-0.39, 0.29) is 18.8 Å². The Bertz CT molecular complexity index is 683. The van der Waals surface area contributed by atoms with Gasteiger partial charge in [0.25, 0.3) is 12.2 Å². The molecule has 1 atom stereocenters. The van der Waals surface area contributed by atoms with E-state index in [4.69, 9.17) is 9.47 Å². The van der Waals surface area contributed by atoms with Gasteiger partial charge in [-0.3, -0.25) is 14.9 Å². The van der Waals surface area contributed by atoms with E-state index in [2.05, 4.69) is 0 Å². The first-order valence-corrected chi connectivity index (χ1v) is 6.66. The predicted octanol–water partition coefficient (Wildman–Crippen LogP) is 2.55. The first-order valence-electron chi connectivity index (χ1n) is 6.66. The number of hydrogen-bond donors (Lipinski definition) is 0. The second kappa shape index (κ2) is 7.69. The summed E-state index contributed by atoms with van der Waals surface area (Å²) in [5.74, 6) is -0.721. The van der Waals surface area contributed by atoms with Gasteiger partial charge in [0.05, 0.1) is 4.92 Å². The number of esters is 1. The van der Waals surface area contributed by atoms with Crippen LogP contribution in [0.4, 0.5) is 5.69 Å². The number of hydrogen-bond acceptors (Lipinski definition) is 6. The number of carbonyl (C=O) groups is 2. The Hall–Kier alpha value is -3.22. The van der Waals surface area contributed by atoms with Crippen molar-refractivity contribution in [1.29, 1.82) is 0 Å². The number of ether oxygens (including phenoxy) is 2. The van der Waals surface area contributed by atoms with E-state index in [1.54, 1.807) is 30.3 Å². The molecular weight excluding hydrogens is 302 g/mol. The highest BCUT2D eigenvalue weighted by Crippen LogP contribution is 2.19. The van der Waals surface area contributed by atoms with Crippen LogP contribution in [0.5, 0.6) is 0 Å². The average molecular weight is 315 g/mol. The quantitative estimate of drug-likeness (QED) is 0.337. The van der Waals surface area contributed by atoms with Crippen LogP contribution in [0.15, 0.2) is 54.6 Å². The number of non-ortho nitro benzene ring substituents is 1. The Labute approximate surface area is 131 Å². The Morgan fingerprint density at radius 2 is 1.78 bits per heavy atom. The molecule has 23 heavy (non-hydrogen) atoms. The molecule has 0 aliphatic carbocycles. The second-order valence-electron chi connectivity index (χ2n) is 4.55. The van der Waals surface area contributed by atoms with Gasteiger partial charge in [-0.1, -0.05) is 30.3 Å². The number of carbonyl (C=O) groups excluding carboxylic acids is 2. The number of nitro benzene ring substituents is 1. The van der Waals surface area contributed by atoms with Crippen LogP contribution in [0.2, 0.25) is 0 Å². The largest absolute Gasteiger partial charge is 0.458 e. The van der Waals surface area contributed by atoms with E-state index >= 15 is 0 Å². The summed E-state index contributed by atoms with van der Waals surface area (Å²) in [6, 6.07) is 14.1. The minimum absolute atomic E-state index is 0.0495. The monoisotopic (exact) mass is 315 g/mol. The molecule has 0 aliphatic heterocycles. The van der Waals surface area contributed by atoms with Crippen molar-refractivity contribution in [1.82, 2.24) is 0 Å². The molecule has 0 bridgehead atoms. The van der Waals surface area contributed by atoms with E-state index in [0.29, 0.717) is 11.1 Å². The fourth-order valence-electron chi connectivity index (χ4n) is 1.90. The molecule has 1 unspecified atom stereocenters. The van der Waals surface area contributed by atoms with Gasteiger partial charge >= 0.3 is 5.97 Å². The lowest BCUT2D eigenvalue weighted by atomic mass is 10.1. The van der Waals surface area contributed by atoms with Crippen molar-refractivity contribution in [3.8, 4) is 0 Å². The summed E-state index contributed by atoms with van der Waals surface area (Å²) in [5.41, 5.74) is 1.03. The van der Waals surface area contributed by atoms with Gasteiger partial charge in [0.2, 0.25) is 6.10 Å². The van der Waals surface area contributed by atoms with Crippen molar-refractivity contribution in [2.24, 2.45) is 0 Å². The smallest absolute Gasteiger partial charge is 0.352 e. The molecule has 0 saturated heterocycles. The molecule has 0 amide bonds. The van der Waals surface area contributed by atoms with Crippen LogP contribution in [0.1, 0.15) is 17.2 Å². The molecule has 0 fully saturated rings. The molecule has 2 aromatic rings. The lowest BCUT2D eigenvalue weighted by Gasteiger charge is -2.14. The molecule has 0 aliphatic rings. The van der Waals surface area contributed by atoms with Gasteiger partial charge < -0.3 is 9.47 Å². The number of nitrogens with zero attached hydrogens (tertiary/aromatic N) is 1. The SMILES string of the molecule is O=COC(C(=O)OCc1ccc([N+](=O)[O-])cc1)c1ccccc1. The fourth-order valence-corrected chi connectivity index (χ4v) is 1.90. The Kier molecular flexibility index (Phi) is 5.40. The molecule has 2 rings (SSSR count). The first kappa shape index (κ1) is 16.2. The van der Waals surface area contributed by atoms with E-state index in [1.807, 2.05) is 0 Å². The minimum atomic E-state index is -1.15. The van der Waals surface area contributed by atoms with E-state index < -0.39 is 17.0 Å². The van der Waals surface area contributed by atoms with Crippen molar-refractivity contribution in [3.05, 3.63) is 75.8 Å². The zero-order valence-electron chi connectivity index (χ0n) is 12.0. The third-order valence-corrected chi connectivity index (χ3v) is 3.04. The number of rotatable bonds is 7. The molecule has 7 nitrogen and oxygen atoms in total. The van der Waals surface area contributed by atoms with Crippen LogP contribution < -0.4 is 0 Å². The summed E-state index contributed by atoms with van der Waals surface area (Å²) in [4.78, 5) is 32.7. The highest BCUT2D eigenvalue weighted by Gasteiger charge is 2.23. The lowest BCUT2D eigenvalue weighted by molar-refractivity contribution is -0.384. The summed E-state index contributed by atoms with van der Waals surface area (Å²) in [7, 11) is 0. The average Bonchev–Trinajstić information content (AvgIpc) is 2.58. The Morgan fingerprint density at radius 1 is 1.13 bits per heavy atom. The van der Waals surface area contributed by atoms with Crippen molar-refractivity contribution in [2.45, 2.75) is 12.7 Å². The minimum Gasteiger partial charge on any atom is -0.458 e. The lowest BCUT2D eigenvalue weighted by Crippen LogP contribution is -2.18. The van der Waals surface area contributed by atoms with Crippen LogP contribution in [0.3, 0.4) is 0 Å². The predicted molar refractivity (Wildman–Crippen MR) is 79.2 cm³/mol. The van der Waals surface area contributed by atoms with Crippen molar-refractivity contribution in [2.75, 3.05) is 0 Å². The molecule has 7 heteroatoms. The molecule has 0 heterocycles. The summed E-state index contributed by atoms with van der Waals surface area (Å²) in [5, 5.41) is 10.6. The molecule has 0 saturated carbocycles. The zero-order chi connectivity index (χ0) is 16.7. The highest BCUT2D eigenvalue weighted by molar-refractivity contribution is 5.77. The van der Waals surface area contributed by atoms with Gasteiger partial charge in [-0.05, 0) is 17.7 Å². The summed E-state index contributed by atoms with van der Waals surface area (Å²) >= 11 is 0. The van der Waals surface area contributed by atoms with Gasteiger partial charge in [0.1, 0.15) is 6.61 Å². The van der Waals surface area contributed by atoms with E-state index in [9.17, 15) is 19.7 Å². The van der Waals surface area contributed by atoms with E-state index in [0.717, 1.165) is 0 Å². The van der Waals surface area contributed by atoms with E-state index in [1.165, 1.54) is 24.3 Å². The van der Waals surface area contributed by atoms with Crippen molar-refractivity contribution >= 4 is 18.1 Å². The fraction of sp³-hybridized carbons (Fsp3) is 0.125. The number of nitro groups is 1. The van der Waals surface area contributed by atoms with Crippen molar-refractivity contribution < 1.29 is 24.0 Å². The zero-order valence-corrected chi connectivity index (χ0v) is 12.0. The molecule has 0 spiro atoms. The van der Waals surface area contributed by atoms with Gasteiger partial charge in [0, 0.05) is 17.7 Å². The van der Waals surface area contributed by atoms with Crippen LogP contribution in [-0.2, 0) is 25.7 Å². The maximum Gasteiger partial charge on any atom is 0.352 e. The molecule has 2 aromatic carbocycles. The van der Waals surface area contributed by atoms with Crippen molar-refractivity contribution in [3.63, 3.8) is 0 Å². The molecule has 0 aromatic heterocycles. The maximum atomic E-state index is 12.1. The molecule has 118 valence electrons. The van der Waals surface area contributed by atoms with Gasteiger partial charge in [-0.15, -0.1) is 0 Å². The normalized spacial score (nSPS) is 11.3. The Balaban J connectivity index is 2.01.